The highest BCUT2D eigenvalue weighted by Gasteiger charge is 2.37. The van der Waals surface area contributed by atoms with Gasteiger partial charge in [-0.25, -0.2) is 0 Å². The van der Waals surface area contributed by atoms with E-state index in [-0.39, 0.29) is 23.8 Å². The first-order valence-corrected chi connectivity index (χ1v) is 11.9. The van der Waals surface area contributed by atoms with Crippen LogP contribution in [-0.2, 0) is 12.4 Å². The van der Waals surface area contributed by atoms with Crippen LogP contribution < -0.4 is 25.3 Å². The van der Waals surface area contributed by atoms with Gasteiger partial charge in [0, 0.05) is 47.6 Å². The minimum Gasteiger partial charge on any atom is -0.493 e. The summed E-state index contributed by atoms with van der Waals surface area (Å²) in [6, 6.07) is 9.91. The molecule has 4 rings (SSSR count). The second-order valence-electron chi connectivity index (χ2n) is 8.69. The molecule has 3 aromatic carbocycles. The van der Waals surface area contributed by atoms with Gasteiger partial charge in [0.1, 0.15) is 17.3 Å². The summed E-state index contributed by atoms with van der Waals surface area (Å²) in [4.78, 5) is 20.5. The summed E-state index contributed by atoms with van der Waals surface area (Å²) in [5.74, 6) is -0.187. The third-order valence-electron chi connectivity index (χ3n) is 6.03. The van der Waals surface area contributed by atoms with Crippen molar-refractivity contribution in [2.24, 2.45) is 10.7 Å². The van der Waals surface area contributed by atoms with Gasteiger partial charge in [-0.15, -0.1) is 0 Å². The molecular weight excluding hydrogens is 570 g/mol. The molecule has 0 saturated heterocycles. The Kier molecular flexibility index (Phi) is 8.18. The number of benzene rings is 3. The molecule has 0 radical (unpaired) electrons. The Bertz CT molecular complexity index is 1650. The molecule has 0 fully saturated rings. The smallest absolute Gasteiger partial charge is 0.416 e. The zero-order valence-electron chi connectivity index (χ0n) is 22.1. The predicted octanol–water partition coefficient (Wildman–Crippen LogP) is 6.67. The number of fused-ring (bicyclic) bond motifs is 1. The number of rotatable bonds is 7. The van der Waals surface area contributed by atoms with E-state index < -0.39 is 40.8 Å². The number of methoxy groups -OCH3 is 2. The van der Waals surface area contributed by atoms with E-state index in [1.54, 1.807) is 18.2 Å². The highest BCUT2D eigenvalue weighted by Crippen LogP contribution is 2.38. The Morgan fingerprint density at radius 3 is 2.05 bits per heavy atom. The highest BCUT2D eigenvalue weighted by atomic mass is 19.4. The Morgan fingerprint density at radius 2 is 1.48 bits per heavy atom. The number of nitrogens with one attached hydrogen (secondary N) is 1. The minimum absolute atomic E-state index is 0.0831. The summed E-state index contributed by atoms with van der Waals surface area (Å²) in [5.41, 5.74) is 2.76. The third kappa shape index (κ3) is 6.32. The maximum absolute atomic E-state index is 13.2. The maximum Gasteiger partial charge on any atom is 0.416 e. The fraction of sp³-hybridized carbons (Fsp3) is 0.179. The number of nitrogens with two attached hydrogens (primary N) is 1. The van der Waals surface area contributed by atoms with Gasteiger partial charge in [0.2, 0.25) is 0 Å². The average molecular weight is 592 g/mol. The lowest BCUT2D eigenvalue weighted by molar-refractivity contribution is -0.143. The number of hydrogen-bond donors (Lipinski definition) is 2. The molecule has 1 amide bonds. The molecule has 4 aromatic rings. The van der Waals surface area contributed by atoms with Gasteiger partial charge in [-0.3, -0.25) is 9.78 Å². The van der Waals surface area contributed by atoms with Crippen LogP contribution in [0.1, 0.15) is 27.0 Å². The van der Waals surface area contributed by atoms with Crippen molar-refractivity contribution >= 4 is 28.3 Å². The molecule has 0 unspecified atom stereocenters. The Morgan fingerprint density at radius 1 is 0.857 bits per heavy atom. The van der Waals surface area contributed by atoms with Crippen molar-refractivity contribution in [2.45, 2.75) is 12.4 Å². The van der Waals surface area contributed by atoms with E-state index in [1.165, 1.54) is 45.7 Å². The lowest BCUT2D eigenvalue weighted by Gasteiger charge is -2.15. The normalized spacial score (nSPS) is 12.3. The third-order valence-corrected chi connectivity index (χ3v) is 6.03. The first-order valence-electron chi connectivity index (χ1n) is 11.9. The fourth-order valence-corrected chi connectivity index (χ4v) is 3.99. The maximum atomic E-state index is 13.2. The zero-order chi connectivity index (χ0) is 30.8. The van der Waals surface area contributed by atoms with Crippen LogP contribution in [0.3, 0.4) is 0 Å². The van der Waals surface area contributed by atoms with E-state index in [4.69, 9.17) is 19.9 Å². The van der Waals surface area contributed by atoms with Crippen LogP contribution in [0.25, 0.3) is 10.9 Å². The van der Waals surface area contributed by atoms with Crippen molar-refractivity contribution in [1.82, 2.24) is 4.98 Å². The van der Waals surface area contributed by atoms with E-state index in [1.807, 2.05) is 0 Å². The van der Waals surface area contributed by atoms with Crippen LogP contribution in [0.5, 0.6) is 23.0 Å². The van der Waals surface area contributed by atoms with Crippen LogP contribution in [0.2, 0.25) is 0 Å². The van der Waals surface area contributed by atoms with Crippen LogP contribution in [-0.4, -0.2) is 38.0 Å². The summed E-state index contributed by atoms with van der Waals surface area (Å²) in [6.45, 7) is 0. The lowest BCUT2D eigenvalue weighted by atomic mass is 10.0. The van der Waals surface area contributed by atoms with Crippen LogP contribution in [0, 0.1) is 0 Å². The van der Waals surface area contributed by atoms with Gasteiger partial charge >= 0.3 is 12.4 Å². The Labute approximate surface area is 234 Å². The van der Waals surface area contributed by atoms with Gasteiger partial charge in [-0.2, -0.15) is 31.3 Å². The molecular formula is C28H22F6N4O4. The largest absolute Gasteiger partial charge is 0.493 e. The number of hydrogen-bond acceptors (Lipinski definition) is 6. The summed E-state index contributed by atoms with van der Waals surface area (Å²) in [6.07, 6.45) is -8.72. The van der Waals surface area contributed by atoms with E-state index in [0.29, 0.717) is 39.6 Å². The highest BCUT2D eigenvalue weighted by molar-refractivity contribution is 6.11. The van der Waals surface area contributed by atoms with E-state index >= 15 is 0 Å². The zero-order valence-corrected chi connectivity index (χ0v) is 22.1. The number of ether oxygens (including phenoxy) is 3. The van der Waals surface area contributed by atoms with Gasteiger partial charge in [-0.1, -0.05) is 0 Å². The number of alkyl halides is 6. The number of anilines is 1. The number of halogens is 6. The van der Waals surface area contributed by atoms with Crippen LogP contribution >= 0.6 is 0 Å². The summed E-state index contributed by atoms with van der Waals surface area (Å²) in [5, 5.41) is 3.45. The SMILES string of the molecule is CNc1cc(Oc2ccnc3cc(OC)c(OC)cc23)ccc1C(N)=NC(=O)c1cc(C(F)(F)F)cc(C(F)(F)F)c1. The average Bonchev–Trinajstić information content (AvgIpc) is 2.95. The van der Waals surface area contributed by atoms with Gasteiger partial charge in [0.05, 0.1) is 30.9 Å². The molecule has 0 atom stereocenters. The van der Waals surface area contributed by atoms with Crippen molar-refractivity contribution in [2.75, 3.05) is 26.6 Å². The molecule has 0 aliphatic carbocycles. The lowest BCUT2D eigenvalue weighted by Crippen LogP contribution is -2.18. The van der Waals surface area contributed by atoms with Crippen LogP contribution in [0.15, 0.2) is 65.8 Å². The second kappa shape index (κ2) is 11.5. The van der Waals surface area contributed by atoms with Gasteiger partial charge < -0.3 is 25.3 Å². The number of carbonyl (C=O) groups is 1. The quantitative estimate of drug-likeness (QED) is 0.140. The molecule has 0 spiro atoms. The van der Waals surface area contributed by atoms with Gasteiger partial charge in [0.15, 0.2) is 11.5 Å². The van der Waals surface area contributed by atoms with Crippen LogP contribution in [0.4, 0.5) is 32.0 Å². The molecule has 1 aromatic heterocycles. The van der Waals surface area contributed by atoms with E-state index in [9.17, 15) is 31.1 Å². The molecule has 0 aliphatic heterocycles. The summed E-state index contributed by atoms with van der Waals surface area (Å²) < 4.78 is 95.9. The number of amides is 1. The monoisotopic (exact) mass is 592 g/mol. The number of nitrogens with zero attached hydrogens (tertiary/aromatic N) is 2. The molecule has 0 saturated carbocycles. The molecule has 42 heavy (non-hydrogen) atoms. The second-order valence-corrected chi connectivity index (χ2v) is 8.69. The predicted molar refractivity (Wildman–Crippen MR) is 142 cm³/mol. The van der Waals surface area contributed by atoms with Crippen molar-refractivity contribution < 1.29 is 45.3 Å². The molecule has 14 heteroatoms. The van der Waals surface area contributed by atoms with Crippen molar-refractivity contribution in [3.63, 3.8) is 0 Å². The van der Waals surface area contributed by atoms with E-state index in [0.717, 1.165) is 0 Å². The van der Waals surface area contributed by atoms with Crippen molar-refractivity contribution in [3.8, 4) is 23.0 Å². The Hall–Kier alpha value is -5.01. The number of pyridine rings is 1. The van der Waals surface area contributed by atoms with Gasteiger partial charge in [0.25, 0.3) is 5.91 Å². The molecule has 220 valence electrons. The van der Waals surface area contributed by atoms with Gasteiger partial charge in [-0.05, 0) is 42.5 Å². The first-order chi connectivity index (χ1) is 19.7. The molecule has 0 bridgehead atoms. The summed E-state index contributed by atoms with van der Waals surface area (Å²) in [7, 11) is 4.50. The molecule has 0 aliphatic rings. The standard InChI is InChI=1S/C28H22F6N4O4/c1-36-20-11-17(42-22-6-7-37-21-13-24(41-3)23(40-2)12-19(21)22)4-5-18(20)25(35)38-26(39)14-8-15(27(29,30)31)10-16(9-14)28(32,33)34/h4-13,36H,1-3H3,(H2,35,38,39). The van der Waals surface area contributed by atoms with Crippen molar-refractivity contribution in [3.05, 3.63) is 83.0 Å². The molecule has 8 nitrogen and oxygen atoms in total. The minimum atomic E-state index is -5.13. The molecule has 3 N–H and O–H groups in total. The number of aromatic nitrogens is 1. The first kappa shape index (κ1) is 30.0. The van der Waals surface area contributed by atoms with E-state index in [2.05, 4.69) is 15.3 Å². The fourth-order valence-electron chi connectivity index (χ4n) is 3.99. The molecule has 1 heterocycles. The number of aliphatic imine (C=N–C) groups is 1. The number of carbonyl (C=O) groups excluding carboxylic acids is 1. The number of amidine groups is 1. The summed E-state index contributed by atoms with van der Waals surface area (Å²) >= 11 is 0. The topological polar surface area (TPSA) is 108 Å². The van der Waals surface area contributed by atoms with Crippen molar-refractivity contribution in [1.29, 1.82) is 0 Å². The Balaban J connectivity index is 1.67.